The summed E-state index contributed by atoms with van der Waals surface area (Å²) in [6.45, 7) is 10.8. The van der Waals surface area contributed by atoms with Gasteiger partial charge in [0.1, 0.15) is 0 Å². The van der Waals surface area contributed by atoms with Crippen LogP contribution in [0.2, 0.25) is 0 Å². The fourth-order valence-corrected chi connectivity index (χ4v) is 4.69. The van der Waals surface area contributed by atoms with Crippen LogP contribution < -0.4 is 10.6 Å². The van der Waals surface area contributed by atoms with Crippen molar-refractivity contribution in [3.05, 3.63) is 51.5 Å². The van der Waals surface area contributed by atoms with Gasteiger partial charge in [0, 0.05) is 25.5 Å². The van der Waals surface area contributed by atoms with Crippen LogP contribution in [0.3, 0.4) is 0 Å². The zero-order valence-electron chi connectivity index (χ0n) is 18.2. The normalized spacial score (nSPS) is 17.3. The molecule has 0 spiro atoms. The Morgan fingerprint density at radius 1 is 1.31 bits per heavy atom. The van der Waals surface area contributed by atoms with E-state index in [1.165, 1.54) is 34.7 Å². The van der Waals surface area contributed by atoms with E-state index >= 15 is 0 Å². The Balaban J connectivity index is 1.41. The quantitative estimate of drug-likeness (QED) is 0.529. The van der Waals surface area contributed by atoms with Gasteiger partial charge >= 0.3 is 0 Å². The van der Waals surface area contributed by atoms with Gasteiger partial charge in [0.2, 0.25) is 0 Å². The number of aliphatic imine (C=N–C) groups is 1. The number of thiazole rings is 1. The predicted molar refractivity (Wildman–Crippen MR) is 124 cm³/mol. The van der Waals surface area contributed by atoms with Crippen LogP contribution in [0.5, 0.6) is 0 Å². The molecule has 1 atom stereocenters. The Bertz CT molecular complexity index is 792. The zero-order chi connectivity index (χ0) is 20.6. The van der Waals surface area contributed by atoms with Gasteiger partial charge in [-0.1, -0.05) is 31.2 Å². The van der Waals surface area contributed by atoms with Gasteiger partial charge < -0.3 is 10.6 Å². The summed E-state index contributed by atoms with van der Waals surface area (Å²) in [4.78, 5) is 11.7. The van der Waals surface area contributed by atoms with Crippen LogP contribution in [0.25, 0.3) is 0 Å². The van der Waals surface area contributed by atoms with E-state index in [2.05, 4.69) is 70.9 Å². The van der Waals surface area contributed by atoms with Gasteiger partial charge in [0.05, 0.1) is 16.7 Å². The van der Waals surface area contributed by atoms with Crippen LogP contribution in [-0.2, 0) is 13.0 Å². The van der Waals surface area contributed by atoms with Crippen LogP contribution in [0.4, 0.5) is 0 Å². The summed E-state index contributed by atoms with van der Waals surface area (Å²) in [5, 5.41) is 10.5. The van der Waals surface area contributed by atoms with Crippen LogP contribution >= 0.6 is 11.3 Å². The lowest BCUT2D eigenvalue weighted by Crippen LogP contribution is -2.43. The molecule has 1 aromatic heterocycles. The molecular weight excluding hydrogens is 378 g/mol. The van der Waals surface area contributed by atoms with Gasteiger partial charge in [-0.15, -0.1) is 11.3 Å². The van der Waals surface area contributed by atoms with Crippen LogP contribution in [0.15, 0.2) is 34.6 Å². The van der Waals surface area contributed by atoms with Crippen molar-refractivity contribution in [3.8, 4) is 0 Å². The molecule has 0 bridgehead atoms. The highest BCUT2D eigenvalue weighted by Crippen LogP contribution is 2.20. The molecule has 2 N–H and O–H groups in total. The highest BCUT2D eigenvalue weighted by Gasteiger charge is 2.20. The molecule has 5 nitrogen and oxygen atoms in total. The van der Waals surface area contributed by atoms with Gasteiger partial charge in [-0.25, -0.2) is 4.98 Å². The van der Waals surface area contributed by atoms with E-state index in [0.717, 1.165) is 38.6 Å². The Labute approximate surface area is 179 Å². The first-order valence-corrected chi connectivity index (χ1v) is 11.6. The number of likely N-dealkylation sites (tertiary alicyclic amines) is 1. The smallest absolute Gasteiger partial charge is 0.191 e. The molecule has 2 aromatic rings. The van der Waals surface area contributed by atoms with E-state index in [1.54, 1.807) is 11.3 Å². The number of piperidine rings is 1. The number of nitrogens with zero attached hydrogens (tertiary/aromatic N) is 3. The van der Waals surface area contributed by atoms with Crippen molar-refractivity contribution >= 4 is 17.3 Å². The Morgan fingerprint density at radius 3 is 2.72 bits per heavy atom. The molecule has 1 saturated heterocycles. The number of guanidine groups is 1. The summed E-state index contributed by atoms with van der Waals surface area (Å²) in [5.74, 6) is 1.58. The molecular formula is C23H35N5S. The van der Waals surface area contributed by atoms with Gasteiger partial charge in [-0.3, -0.25) is 9.89 Å². The highest BCUT2D eigenvalue weighted by molar-refractivity contribution is 7.09. The molecule has 1 aliphatic rings. The number of aromatic nitrogens is 1. The predicted octanol–water partition coefficient (Wildman–Crippen LogP) is 4.15. The molecule has 158 valence electrons. The monoisotopic (exact) mass is 413 g/mol. The maximum Gasteiger partial charge on any atom is 0.191 e. The molecule has 3 rings (SSSR count). The van der Waals surface area contributed by atoms with Gasteiger partial charge in [-0.2, -0.15) is 0 Å². The van der Waals surface area contributed by atoms with Crippen LogP contribution in [0, 0.1) is 12.8 Å². The Morgan fingerprint density at radius 2 is 2.07 bits per heavy atom. The summed E-state index contributed by atoms with van der Waals surface area (Å²) in [6, 6.07) is 8.75. The molecule has 1 aromatic carbocycles. The molecule has 1 fully saturated rings. The molecule has 0 amide bonds. The molecule has 0 aliphatic carbocycles. The van der Waals surface area contributed by atoms with E-state index in [9.17, 15) is 0 Å². The van der Waals surface area contributed by atoms with Crippen LogP contribution in [-0.4, -0.2) is 42.5 Å². The third kappa shape index (κ3) is 6.28. The van der Waals surface area contributed by atoms with E-state index < -0.39 is 0 Å². The lowest BCUT2D eigenvalue weighted by Gasteiger charge is -2.32. The molecule has 1 unspecified atom stereocenters. The topological polar surface area (TPSA) is 52.6 Å². The highest BCUT2D eigenvalue weighted by atomic mass is 32.1. The average Bonchev–Trinajstić information content (AvgIpc) is 3.20. The molecule has 1 aliphatic heterocycles. The van der Waals surface area contributed by atoms with Crippen molar-refractivity contribution in [1.82, 2.24) is 20.5 Å². The summed E-state index contributed by atoms with van der Waals surface area (Å²) in [6.07, 6.45) is 3.49. The van der Waals surface area contributed by atoms with Crippen molar-refractivity contribution in [3.63, 3.8) is 0 Å². The first kappa shape index (κ1) is 21.8. The van der Waals surface area contributed by atoms with Crippen molar-refractivity contribution < 1.29 is 0 Å². The summed E-state index contributed by atoms with van der Waals surface area (Å²) < 4.78 is 0. The maximum absolute atomic E-state index is 4.71. The first-order valence-electron chi connectivity index (χ1n) is 10.8. The fourth-order valence-electron chi connectivity index (χ4n) is 3.95. The minimum absolute atomic E-state index is 0.232. The zero-order valence-corrected chi connectivity index (χ0v) is 19.1. The number of aryl methyl sites for hydroxylation is 2. The number of hydrogen-bond acceptors (Lipinski definition) is 4. The summed E-state index contributed by atoms with van der Waals surface area (Å²) in [7, 11) is 1.85. The minimum Gasteiger partial charge on any atom is -0.356 e. The van der Waals surface area contributed by atoms with E-state index in [-0.39, 0.29) is 6.04 Å². The molecule has 0 saturated carbocycles. The standard InChI is InChI=1S/C23H35N5S/c1-5-22-27-20(16-29-22)15-28-12-10-19(11-13-28)14-25-23(24-4)26-18(3)21-9-7-6-8-17(21)2/h6-9,16,18-19H,5,10-15H2,1-4H3,(H2,24,25,26). The van der Waals surface area contributed by atoms with E-state index in [1.807, 2.05) is 7.05 Å². The minimum atomic E-state index is 0.232. The molecule has 6 heteroatoms. The van der Waals surface area contributed by atoms with Crippen molar-refractivity contribution in [2.45, 2.75) is 52.6 Å². The third-order valence-electron chi connectivity index (χ3n) is 5.78. The Kier molecular flexibility index (Phi) is 8.07. The Hall–Kier alpha value is -1.92. The first-order chi connectivity index (χ1) is 14.1. The van der Waals surface area contributed by atoms with Crippen molar-refractivity contribution in [2.24, 2.45) is 10.9 Å². The average molecular weight is 414 g/mol. The summed E-state index contributed by atoms with van der Waals surface area (Å²) in [5.41, 5.74) is 3.86. The van der Waals surface area contributed by atoms with E-state index in [0.29, 0.717) is 5.92 Å². The van der Waals surface area contributed by atoms with Gasteiger partial charge in [-0.05, 0) is 63.2 Å². The second-order valence-electron chi connectivity index (χ2n) is 7.98. The summed E-state index contributed by atoms with van der Waals surface area (Å²) >= 11 is 1.79. The molecule has 29 heavy (non-hydrogen) atoms. The lowest BCUT2D eigenvalue weighted by atomic mass is 9.97. The number of nitrogens with one attached hydrogen (secondary N) is 2. The van der Waals surface area contributed by atoms with Crippen molar-refractivity contribution in [2.75, 3.05) is 26.7 Å². The second kappa shape index (κ2) is 10.7. The van der Waals surface area contributed by atoms with Gasteiger partial charge in [0.15, 0.2) is 5.96 Å². The molecule has 2 heterocycles. The van der Waals surface area contributed by atoms with Crippen molar-refractivity contribution in [1.29, 1.82) is 0 Å². The third-order valence-corrected chi connectivity index (χ3v) is 6.83. The van der Waals surface area contributed by atoms with Crippen LogP contribution in [0.1, 0.15) is 54.6 Å². The largest absolute Gasteiger partial charge is 0.356 e. The number of rotatable bonds is 7. The van der Waals surface area contributed by atoms with E-state index in [4.69, 9.17) is 4.98 Å². The fraction of sp³-hybridized carbons (Fsp3) is 0.565. The van der Waals surface area contributed by atoms with Gasteiger partial charge in [0.25, 0.3) is 0 Å². The SMILES string of the molecule is CCc1nc(CN2CCC(CNC(=NC)NC(C)c3ccccc3C)CC2)cs1. The molecule has 0 radical (unpaired) electrons. The maximum atomic E-state index is 4.71. The number of hydrogen-bond donors (Lipinski definition) is 2. The lowest BCUT2D eigenvalue weighted by molar-refractivity contribution is 0.176. The number of benzene rings is 1. The second-order valence-corrected chi connectivity index (χ2v) is 8.92.